The van der Waals surface area contributed by atoms with Crippen molar-refractivity contribution in [2.75, 3.05) is 13.1 Å². The number of carbonyl (C=O) groups is 1. The summed E-state index contributed by atoms with van der Waals surface area (Å²) in [4.78, 5) is 10.9. The van der Waals surface area contributed by atoms with E-state index in [0.717, 1.165) is 5.56 Å². The van der Waals surface area contributed by atoms with Gasteiger partial charge in [-0.05, 0) is 24.0 Å². The van der Waals surface area contributed by atoms with E-state index in [9.17, 15) is 13.2 Å². The van der Waals surface area contributed by atoms with Gasteiger partial charge in [-0.2, -0.15) is 12.7 Å². The van der Waals surface area contributed by atoms with Crippen LogP contribution in [0.4, 0.5) is 0 Å². The molecular formula is C14H20N2O4S. The summed E-state index contributed by atoms with van der Waals surface area (Å²) < 4.78 is 28.3. The summed E-state index contributed by atoms with van der Waals surface area (Å²) in [5.41, 5.74) is 2.17. The van der Waals surface area contributed by atoms with Crippen LogP contribution in [-0.4, -0.2) is 36.9 Å². The van der Waals surface area contributed by atoms with Crippen LogP contribution in [0, 0.1) is 5.92 Å². The molecule has 7 heteroatoms. The molecule has 0 bridgehead atoms. The van der Waals surface area contributed by atoms with Gasteiger partial charge in [-0.25, -0.2) is 4.72 Å². The van der Waals surface area contributed by atoms with Gasteiger partial charge in [0.25, 0.3) is 10.2 Å². The van der Waals surface area contributed by atoms with Crippen LogP contribution in [-0.2, 0) is 28.0 Å². The third-order valence-electron chi connectivity index (χ3n) is 3.79. The van der Waals surface area contributed by atoms with Gasteiger partial charge in [0.2, 0.25) is 0 Å². The van der Waals surface area contributed by atoms with E-state index >= 15 is 0 Å². The quantitative estimate of drug-likeness (QED) is 0.820. The van der Waals surface area contributed by atoms with Gasteiger partial charge >= 0.3 is 5.97 Å². The second-order valence-electron chi connectivity index (χ2n) is 5.15. The van der Waals surface area contributed by atoms with Crippen LogP contribution in [0.25, 0.3) is 0 Å². The fourth-order valence-corrected chi connectivity index (χ4v) is 3.61. The van der Waals surface area contributed by atoms with E-state index in [4.69, 9.17) is 5.11 Å². The van der Waals surface area contributed by atoms with Gasteiger partial charge in [-0.3, -0.25) is 4.79 Å². The number of nitrogens with zero attached hydrogens (tertiary/aromatic N) is 1. The topological polar surface area (TPSA) is 86.7 Å². The highest BCUT2D eigenvalue weighted by Crippen LogP contribution is 2.20. The normalized spacial score (nSPS) is 17.2. The lowest BCUT2D eigenvalue weighted by atomic mass is 10.0. The number of hydrogen-bond donors (Lipinski definition) is 2. The van der Waals surface area contributed by atoms with Gasteiger partial charge in [0.15, 0.2) is 0 Å². The maximum absolute atomic E-state index is 12.3. The van der Waals surface area contributed by atoms with Gasteiger partial charge in [0, 0.05) is 19.6 Å². The third kappa shape index (κ3) is 3.81. The molecule has 0 aromatic heterocycles. The van der Waals surface area contributed by atoms with Crippen LogP contribution in [0.3, 0.4) is 0 Å². The molecule has 1 unspecified atom stereocenters. The maximum atomic E-state index is 12.3. The van der Waals surface area contributed by atoms with E-state index in [0.29, 0.717) is 25.9 Å². The number of nitrogens with one attached hydrogen (secondary N) is 1. The fourth-order valence-electron chi connectivity index (χ4n) is 2.38. The molecule has 0 fully saturated rings. The number of carboxylic acids is 1. The third-order valence-corrected chi connectivity index (χ3v) is 5.31. The Bertz CT molecular complexity index is 615. The van der Waals surface area contributed by atoms with Crippen LogP contribution < -0.4 is 4.72 Å². The first-order valence-corrected chi connectivity index (χ1v) is 8.42. The Morgan fingerprint density at radius 2 is 2.05 bits per heavy atom. The Balaban J connectivity index is 2.03. The first-order valence-electron chi connectivity index (χ1n) is 6.98. The van der Waals surface area contributed by atoms with Gasteiger partial charge in [-0.1, -0.05) is 31.2 Å². The van der Waals surface area contributed by atoms with Crippen LogP contribution in [0.1, 0.15) is 24.5 Å². The lowest BCUT2D eigenvalue weighted by molar-refractivity contribution is -0.141. The number of fused-ring (bicyclic) bond motifs is 1. The summed E-state index contributed by atoms with van der Waals surface area (Å²) in [5, 5.41) is 8.96. The zero-order valence-corrected chi connectivity index (χ0v) is 12.8. The Morgan fingerprint density at radius 1 is 1.38 bits per heavy atom. The highest BCUT2D eigenvalue weighted by molar-refractivity contribution is 7.87. The number of aliphatic carboxylic acids is 1. The van der Waals surface area contributed by atoms with Crippen molar-refractivity contribution in [3.8, 4) is 0 Å². The molecule has 1 atom stereocenters. The van der Waals surface area contributed by atoms with Crippen molar-refractivity contribution in [1.29, 1.82) is 0 Å². The molecule has 6 nitrogen and oxygen atoms in total. The summed E-state index contributed by atoms with van der Waals surface area (Å²) >= 11 is 0. The standard InChI is InChI=1S/C14H20N2O4S/c1-2-11(14(17)18)9-15-21(19,20)16-8-7-12-5-3-4-6-13(12)10-16/h3-6,11,15H,2,7-10H2,1H3,(H,17,18). The monoisotopic (exact) mass is 312 g/mol. The van der Waals surface area contributed by atoms with Crippen molar-refractivity contribution in [2.45, 2.75) is 26.3 Å². The van der Waals surface area contributed by atoms with E-state index in [1.165, 1.54) is 9.87 Å². The lowest BCUT2D eigenvalue weighted by Gasteiger charge is -2.28. The van der Waals surface area contributed by atoms with Gasteiger partial charge in [-0.15, -0.1) is 0 Å². The summed E-state index contributed by atoms with van der Waals surface area (Å²) in [6.07, 6.45) is 1.06. The fraction of sp³-hybridized carbons (Fsp3) is 0.500. The number of carboxylic acid groups (broad SMARTS) is 1. The van der Waals surface area contributed by atoms with Gasteiger partial charge < -0.3 is 5.11 Å². The first kappa shape index (κ1) is 15.9. The van der Waals surface area contributed by atoms with E-state index < -0.39 is 22.1 Å². The Labute approximate surface area is 125 Å². The van der Waals surface area contributed by atoms with Gasteiger partial charge in [0.1, 0.15) is 0 Å². The summed E-state index contributed by atoms with van der Waals surface area (Å²) in [6.45, 7) is 2.39. The zero-order valence-electron chi connectivity index (χ0n) is 11.9. The van der Waals surface area contributed by atoms with E-state index in [2.05, 4.69) is 4.72 Å². The highest BCUT2D eigenvalue weighted by Gasteiger charge is 2.27. The van der Waals surface area contributed by atoms with Crippen molar-refractivity contribution in [3.63, 3.8) is 0 Å². The van der Waals surface area contributed by atoms with Crippen molar-refractivity contribution < 1.29 is 18.3 Å². The molecule has 0 radical (unpaired) electrons. The molecule has 2 N–H and O–H groups in total. The largest absolute Gasteiger partial charge is 0.481 e. The van der Waals surface area contributed by atoms with Crippen molar-refractivity contribution in [1.82, 2.24) is 9.03 Å². The minimum atomic E-state index is -3.64. The van der Waals surface area contributed by atoms with Crippen LogP contribution in [0.5, 0.6) is 0 Å². The molecule has 0 spiro atoms. The number of hydrogen-bond acceptors (Lipinski definition) is 3. The van der Waals surface area contributed by atoms with Crippen molar-refractivity contribution >= 4 is 16.2 Å². The SMILES string of the molecule is CCC(CNS(=O)(=O)N1CCc2ccccc2C1)C(=O)O. The molecule has 0 saturated heterocycles. The Kier molecular flexibility index (Phi) is 4.97. The van der Waals surface area contributed by atoms with Crippen LogP contribution in [0.2, 0.25) is 0 Å². The molecule has 0 saturated carbocycles. The molecule has 1 aliphatic heterocycles. The predicted molar refractivity (Wildman–Crippen MR) is 78.9 cm³/mol. The molecular weight excluding hydrogens is 292 g/mol. The molecule has 1 aromatic carbocycles. The second kappa shape index (κ2) is 6.55. The molecule has 21 heavy (non-hydrogen) atoms. The zero-order chi connectivity index (χ0) is 15.5. The molecule has 2 rings (SSSR count). The minimum Gasteiger partial charge on any atom is -0.481 e. The Hall–Kier alpha value is -1.44. The number of rotatable bonds is 6. The lowest BCUT2D eigenvalue weighted by Crippen LogP contribution is -2.45. The summed E-state index contributed by atoms with van der Waals surface area (Å²) in [5.74, 6) is -1.68. The van der Waals surface area contributed by atoms with Crippen molar-refractivity contribution in [2.24, 2.45) is 5.92 Å². The van der Waals surface area contributed by atoms with Crippen LogP contribution in [0.15, 0.2) is 24.3 Å². The highest BCUT2D eigenvalue weighted by atomic mass is 32.2. The van der Waals surface area contributed by atoms with Crippen LogP contribution >= 0.6 is 0 Å². The van der Waals surface area contributed by atoms with E-state index in [1.54, 1.807) is 6.92 Å². The molecule has 1 aliphatic rings. The molecule has 1 heterocycles. The maximum Gasteiger partial charge on any atom is 0.307 e. The second-order valence-corrected chi connectivity index (χ2v) is 6.90. The summed E-state index contributed by atoms with van der Waals surface area (Å²) in [6, 6.07) is 7.76. The van der Waals surface area contributed by atoms with Gasteiger partial charge in [0.05, 0.1) is 5.92 Å². The van der Waals surface area contributed by atoms with E-state index in [-0.39, 0.29) is 6.54 Å². The summed E-state index contributed by atoms with van der Waals surface area (Å²) in [7, 11) is -3.64. The minimum absolute atomic E-state index is 0.0771. The Morgan fingerprint density at radius 3 is 2.67 bits per heavy atom. The molecule has 1 aromatic rings. The first-order chi connectivity index (χ1) is 9.94. The molecule has 0 amide bonds. The average Bonchev–Trinajstić information content (AvgIpc) is 2.47. The molecule has 0 aliphatic carbocycles. The van der Waals surface area contributed by atoms with E-state index in [1.807, 2.05) is 24.3 Å². The predicted octanol–water partition coefficient (Wildman–Crippen LogP) is 0.990. The smallest absolute Gasteiger partial charge is 0.307 e. The average molecular weight is 312 g/mol. The van der Waals surface area contributed by atoms with Crippen molar-refractivity contribution in [3.05, 3.63) is 35.4 Å². The molecule has 116 valence electrons. The number of benzene rings is 1.